The third kappa shape index (κ3) is 6.38. The molecule has 2 aromatic rings. The fourth-order valence-corrected chi connectivity index (χ4v) is 3.83. The number of methoxy groups -OCH3 is 1. The van der Waals surface area contributed by atoms with Crippen molar-refractivity contribution >= 4 is 23.3 Å². The molecule has 2 N–H and O–H groups in total. The zero-order valence-electron chi connectivity index (χ0n) is 19.3. The van der Waals surface area contributed by atoms with Crippen molar-refractivity contribution in [3.8, 4) is 5.75 Å². The Morgan fingerprint density at radius 2 is 1.94 bits per heavy atom. The van der Waals surface area contributed by atoms with Crippen molar-refractivity contribution in [3.05, 3.63) is 53.3 Å². The first-order valence-corrected chi connectivity index (χ1v) is 11.5. The quantitative estimate of drug-likeness (QED) is 0.406. The van der Waals surface area contributed by atoms with Gasteiger partial charge in [-0.05, 0) is 54.7 Å². The summed E-state index contributed by atoms with van der Waals surface area (Å²) in [6, 6.07) is 10.3. The van der Waals surface area contributed by atoms with Crippen LogP contribution < -0.4 is 20.3 Å². The highest BCUT2D eigenvalue weighted by Crippen LogP contribution is 2.32. The van der Waals surface area contributed by atoms with Gasteiger partial charge < -0.3 is 29.7 Å². The summed E-state index contributed by atoms with van der Waals surface area (Å²) in [5, 5.41) is 5.93. The molecule has 0 aromatic heterocycles. The Morgan fingerprint density at radius 3 is 2.65 bits per heavy atom. The Bertz CT molecular complexity index is 1020. The predicted molar refractivity (Wildman–Crippen MR) is 126 cm³/mol. The van der Waals surface area contributed by atoms with Crippen LogP contribution in [0.3, 0.4) is 0 Å². The number of esters is 1. The van der Waals surface area contributed by atoms with Crippen LogP contribution in [0.4, 0.5) is 15.8 Å². The maximum absolute atomic E-state index is 14.0. The summed E-state index contributed by atoms with van der Waals surface area (Å²) in [6.07, 6.45) is 2.53. The number of nitrogens with one attached hydrogen (secondary N) is 2. The summed E-state index contributed by atoms with van der Waals surface area (Å²) in [4.78, 5) is 26.9. The molecule has 182 valence electrons. The molecule has 0 radical (unpaired) electrons. The molecule has 0 unspecified atom stereocenters. The topological polar surface area (TPSA) is 89.1 Å². The van der Waals surface area contributed by atoms with E-state index in [0.29, 0.717) is 56.4 Å². The van der Waals surface area contributed by atoms with Crippen molar-refractivity contribution in [2.75, 3.05) is 50.4 Å². The number of carbonyl (C=O) groups is 2. The van der Waals surface area contributed by atoms with Crippen molar-refractivity contribution in [1.82, 2.24) is 5.32 Å². The van der Waals surface area contributed by atoms with Gasteiger partial charge in [-0.1, -0.05) is 6.07 Å². The minimum atomic E-state index is -0.430. The Kier molecular flexibility index (Phi) is 7.84. The van der Waals surface area contributed by atoms with E-state index in [1.54, 1.807) is 18.2 Å². The highest BCUT2D eigenvalue weighted by Gasteiger charge is 2.25. The largest absolute Gasteiger partial charge is 0.494 e. The molecular weight excluding hydrogens is 441 g/mol. The highest BCUT2D eigenvalue weighted by molar-refractivity contribution is 6.00. The van der Waals surface area contributed by atoms with Crippen LogP contribution >= 0.6 is 0 Å². The molecular formula is C25H30FN3O5. The fraction of sp³-hybridized carbons (Fsp3) is 0.440. The minimum absolute atomic E-state index is 0.171. The van der Waals surface area contributed by atoms with E-state index in [1.165, 1.54) is 13.2 Å². The first kappa shape index (κ1) is 23.8. The molecule has 2 aromatic carbocycles. The second-order valence-electron chi connectivity index (χ2n) is 8.47. The number of amides is 1. The Labute approximate surface area is 198 Å². The van der Waals surface area contributed by atoms with E-state index >= 15 is 0 Å². The number of nitrogens with zero attached hydrogens (tertiary/aromatic N) is 1. The average Bonchev–Trinajstić information content (AvgIpc) is 3.67. The molecule has 1 aliphatic carbocycles. The first-order valence-electron chi connectivity index (χ1n) is 11.5. The van der Waals surface area contributed by atoms with Crippen molar-refractivity contribution < 1.29 is 28.2 Å². The van der Waals surface area contributed by atoms with Crippen LogP contribution in [0.1, 0.15) is 35.2 Å². The van der Waals surface area contributed by atoms with E-state index in [4.69, 9.17) is 14.2 Å². The van der Waals surface area contributed by atoms with Gasteiger partial charge in [-0.3, -0.25) is 9.59 Å². The van der Waals surface area contributed by atoms with E-state index in [2.05, 4.69) is 15.5 Å². The van der Waals surface area contributed by atoms with Gasteiger partial charge in [0.1, 0.15) is 0 Å². The molecule has 1 amide bonds. The second kappa shape index (κ2) is 11.2. The molecule has 2 aliphatic rings. The molecule has 1 saturated heterocycles. The van der Waals surface area contributed by atoms with Gasteiger partial charge in [-0.2, -0.15) is 0 Å². The molecule has 1 aliphatic heterocycles. The van der Waals surface area contributed by atoms with E-state index < -0.39 is 5.82 Å². The van der Waals surface area contributed by atoms with Crippen LogP contribution in [0.2, 0.25) is 0 Å². The van der Waals surface area contributed by atoms with Gasteiger partial charge in [-0.15, -0.1) is 0 Å². The van der Waals surface area contributed by atoms with Crippen LogP contribution in [0.5, 0.6) is 5.75 Å². The number of hydrogen-bond acceptors (Lipinski definition) is 7. The highest BCUT2D eigenvalue weighted by atomic mass is 19.1. The molecule has 1 heterocycles. The maximum atomic E-state index is 14.0. The number of ether oxygens (including phenoxy) is 3. The lowest BCUT2D eigenvalue weighted by molar-refractivity contribution is -0.144. The Hall–Kier alpha value is -3.33. The maximum Gasteiger partial charge on any atom is 0.307 e. The first-order chi connectivity index (χ1) is 16.5. The molecule has 9 heteroatoms. The molecule has 0 atom stereocenters. The Balaban J connectivity index is 1.43. The van der Waals surface area contributed by atoms with Crippen LogP contribution in [0.15, 0.2) is 36.4 Å². The summed E-state index contributed by atoms with van der Waals surface area (Å²) >= 11 is 0. The average molecular weight is 472 g/mol. The van der Waals surface area contributed by atoms with Crippen molar-refractivity contribution in [1.29, 1.82) is 0 Å². The SMILES string of the molecule is COc1ccc(CNc2ccc(N3CCOCC3)c(C(=O)NCOC(=O)CC3CC3)c2)cc1F. The van der Waals surface area contributed by atoms with Crippen molar-refractivity contribution in [3.63, 3.8) is 0 Å². The fourth-order valence-electron chi connectivity index (χ4n) is 3.83. The molecule has 8 nitrogen and oxygen atoms in total. The van der Waals surface area contributed by atoms with E-state index in [-0.39, 0.29) is 24.4 Å². The van der Waals surface area contributed by atoms with Crippen molar-refractivity contribution in [2.24, 2.45) is 5.92 Å². The van der Waals surface area contributed by atoms with Gasteiger partial charge in [0, 0.05) is 37.4 Å². The summed E-state index contributed by atoms with van der Waals surface area (Å²) in [5.74, 6) is -0.438. The van der Waals surface area contributed by atoms with Crippen LogP contribution in [-0.4, -0.2) is 52.0 Å². The van der Waals surface area contributed by atoms with E-state index in [0.717, 1.165) is 24.1 Å². The molecule has 1 saturated carbocycles. The van der Waals surface area contributed by atoms with Crippen molar-refractivity contribution in [2.45, 2.75) is 25.8 Å². The van der Waals surface area contributed by atoms with E-state index in [1.807, 2.05) is 12.1 Å². The number of anilines is 2. The van der Waals surface area contributed by atoms with E-state index in [9.17, 15) is 14.0 Å². The van der Waals surface area contributed by atoms with Gasteiger partial charge >= 0.3 is 5.97 Å². The standard InChI is InChI=1S/C25H30FN3O5/c1-32-23-7-4-18(12-21(23)26)15-27-19-5-6-22(29-8-10-33-11-9-29)20(14-19)25(31)28-16-34-24(30)13-17-2-3-17/h4-7,12,14,17,27H,2-3,8-11,13,15-16H2,1H3,(H,28,31). The molecule has 34 heavy (non-hydrogen) atoms. The lowest BCUT2D eigenvalue weighted by Gasteiger charge is -2.30. The number of carbonyl (C=O) groups excluding carboxylic acids is 2. The van der Waals surface area contributed by atoms with Gasteiger partial charge in [0.15, 0.2) is 18.3 Å². The monoisotopic (exact) mass is 471 g/mol. The summed E-state index contributed by atoms with van der Waals surface area (Å²) in [7, 11) is 1.42. The number of halogens is 1. The minimum Gasteiger partial charge on any atom is -0.494 e. The number of rotatable bonds is 10. The van der Waals surface area contributed by atoms with Gasteiger partial charge in [-0.25, -0.2) is 4.39 Å². The predicted octanol–water partition coefficient (Wildman–Crippen LogP) is 3.31. The third-order valence-electron chi connectivity index (χ3n) is 5.92. The third-order valence-corrected chi connectivity index (χ3v) is 5.92. The lowest BCUT2D eigenvalue weighted by atomic mass is 10.1. The summed E-state index contributed by atoms with van der Waals surface area (Å²) in [6.45, 7) is 2.72. The number of benzene rings is 2. The molecule has 0 spiro atoms. The zero-order chi connectivity index (χ0) is 23.9. The van der Waals surface area contributed by atoms with Gasteiger partial charge in [0.25, 0.3) is 5.91 Å². The molecule has 0 bridgehead atoms. The Morgan fingerprint density at radius 1 is 1.15 bits per heavy atom. The smallest absolute Gasteiger partial charge is 0.307 e. The number of hydrogen-bond donors (Lipinski definition) is 2. The summed E-state index contributed by atoms with van der Waals surface area (Å²) < 4.78 is 29.6. The molecule has 4 rings (SSSR count). The van der Waals surface area contributed by atoms with Crippen LogP contribution in [-0.2, 0) is 20.8 Å². The second-order valence-corrected chi connectivity index (χ2v) is 8.47. The summed E-state index contributed by atoms with van der Waals surface area (Å²) in [5.41, 5.74) is 2.70. The lowest BCUT2D eigenvalue weighted by Crippen LogP contribution is -2.38. The van der Waals surface area contributed by atoms with Crippen LogP contribution in [0, 0.1) is 11.7 Å². The van der Waals surface area contributed by atoms with Gasteiger partial charge in [0.05, 0.1) is 25.9 Å². The molecule has 2 fully saturated rings. The zero-order valence-corrected chi connectivity index (χ0v) is 19.3. The normalized spacial score (nSPS) is 15.5. The van der Waals surface area contributed by atoms with Crippen LogP contribution in [0.25, 0.3) is 0 Å². The number of morpholine rings is 1. The van der Waals surface area contributed by atoms with Gasteiger partial charge in [0.2, 0.25) is 0 Å².